The van der Waals surface area contributed by atoms with Gasteiger partial charge in [-0.25, -0.2) is 0 Å². The molecule has 0 spiro atoms. The predicted octanol–water partition coefficient (Wildman–Crippen LogP) is 2.28. The maximum atomic E-state index is 10.1. The second-order valence-corrected chi connectivity index (χ2v) is 6.05. The van der Waals surface area contributed by atoms with E-state index in [1.54, 1.807) is 7.11 Å². The van der Waals surface area contributed by atoms with Gasteiger partial charge >= 0.3 is 0 Å². The lowest BCUT2D eigenvalue weighted by Gasteiger charge is -2.34. The Labute approximate surface area is 106 Å². The number of methoxy groups -OCH3 is 1. The molecule has 1 aliphatic rings. The van der Waals surface area contributed by atoms with Crippen molar-refractivity contribution in [3.63, 3.8) is 0 Å². The fraction of sp³-hybridized carbons (Fsp3) is 1.00. The van der Waals surface area contributed by atoms with E-state index >= 15 is 0 Å². The Morgan fingerprint density at radius 1 is 1.29 bits per heavy atom. The highest BCUT2D eigenvalue weighted by Gasteiger charge is 2.28. The monoisotopic (exact) mass is 243 g/mol. The number of hydrogen-bond acceptors (Lipinski definition) is 3. The van der Waals surface area contributed by atoms with Gasteiger partial charge in [-0.05, 0) is 39.7 Å². The van der Waals surface area contributed by atoms with Crippen molar-refractivity contribution in [2.45, 2.75) is 57.7 Å². The molecule has 3 nitrogen and oxygen atoms in total. The molecule has 0 aliphatic heterocycles. The topological polar surface area (TPSA) is 32.7 Å². The van der Waals surface area contributed by atoms with Crippen molar-refractivity contribution in [2.24, 2.45) is 5.92 Å². The zero-order chi connectivity index (χ0) is 12.9. The molecule has 1 aliphatic carbocycles. The van der Waals surface area contributed by atoms with E-state index in [9.17, 15) is 5.11 Å². The summed E-state index contributed by atoms with van der Waals surface area (Å²) in [6, 6.07) is 0. The summed E-state index contributed by atoms with van der Waals surface area (Å²) in [4.78, 5) is 2.25. The lowest BCUT2D eigenvalue weighted by atomic mass is 9.89. The average molecular weight is 243 g/mol. The summed E-state index contributed by atoms with van der Waals surface area (Å²) in [5.41, 5.74) is -0.458. The van der Waals surface area contributed by atoms with Crippen LogP contribution in [0, 0.1) is 5.92 Å². The minimum atomic E-state index is -0.458. The van der Waals surface area contributed by atoms with E-state index < -0.39 is 11.7 Å². The molecule has 102 valence electrons. The Morgan fingerprint density at radius 3 is 2.41 bits per heavy atom. The first kappa shape index (κ1) is 14.9. The zero-order valence-electron chi connectivity index (χ0n) is 11.9. The van der Waals surface area contributed by atoms with E-state index in [0.717, 1.165) is 12.5 Å². The highest BCUT2D eigenvalue weighted by Crippen LogP contribution is 2.24. The SMILES string of the molecule is COC(C)(C)C(O)CN(C)CC1CCCCC1. The fourth-order valence-electron chi connectivity index (χ4n) is 2.54. The van der Waals surface area contributed by atoms with Gasteiger partial charge in [-0.3, -0.25) is 0 Å². The van der Waals surface area contributed by atoms with Crippen molar-refractivity contribution in [1.82, 2.24) is 4.90 Å². The van der Waals surface area contributed by atoms with E-state index in [2.05, 4.69) is 11.9 Å². The number of hydrogen-bond donors (Lipinski definition) is 1. The van der Waals surface area contributed by atoms with Crippen LogP contribution in [-0.2, 0) is 4.74 Å². The van der Waals surface area contributed by atoms with Crippen LogP contribution in [0.4, 0.5) is 0 Å². The molecule has 0 aromatic heterocycles. The van der Waals surface area contributed by atoms with Crippen molar-refractivity contribution in [3.05, 3.63) is 0 Å². The number of nitrogens with zero attached hydrogens (tertiary/aromatic N) is 1. The first-order chi connectivity index (χ1) is 7.95. The number of likely N-dealkylation sites (N-methyl/N-ethyl adjacent to an activating group) is 1. The van der Waals surface area contributed by atoms with Crippen molar-refractivity contribution in [1.29, 1.82) is 0 Å². The van der Waals surface area contributed by atoms with E-state index in [0.29, 0.717) is 6.54 Å². The van der Waals surface area contributed by atoms with Crippen molar-refractivity contribution in [3.8, 4) is 0 Å². The molecule has 1 rings (SSSR count). The summed E-state index contributed by atoms with van der Waals surface area (Å²) in [5.74, 6) is 0.826. The number of rotatable bonds is 6. The molecule has 3 heteroatoms. The minimum absolute atomic E-state index is 0.430. The van der Waals surface area contributed by atoms with Crippen LogP contribution in [0.25, 0.3) is 0 Å². The van der Waals surface area contributed by atoms with Gasteiger partial charge in [0.05, 0.1) is 11.7 Å². The summed E-state index contributed by atoms with van der Waals surface area (Å²) in [5, 5.41) is 10.1. The third-order valence-corrected chi connectivity index (χ3v) is 4.11. The summed E-state index contributed by atoms with van der Waals surface area (Å²) in [6.07, 6.45) is 6.44. The van der Waals surface area contributed by atoms with Crippen LogP contribution in [0.3, 0.4) is 0 Å². The van der Waals surface area contributed by atoms with Crippen LogP contribution in [-0.4, -0.2) is 49.0 Å². The van der Waals surface area contributed by atoms with Crippen molar-refractivity contribution >= 4 is 0 Å². The van der Waals surface area contributed by atoms with Crippen LogP contribution in [0.15, 0.2) is 0 Å². The average Bonchev–Trinajstić information content (AvgIpc) is 2.30. The molecule has 1 unspecified atom stereocenters. The highest BCUT2D eigenvalue weighted by atomic mass is 16.5. The van der Waals surface area contributed by atoms with Crippen LogP contribution < -0.4 is 0 Å². The molecular formula is C14H29NO2. The van der Waals surface area contributed by atoms with Gasteiger partial charge in [0.15, 0.2) is 0 Å². The van der Waals surface area contributed by atoms with Crippen LogP contribution >= 0.6 is 0 Å². The Kier molecular flexibility index (Phi) is 5.90. The van der Waals surface area contributed by atoms with Gasteiger partial charge in [0.2, 0.25) is 0 Å². The first-order valence-corrected chi connectivity index (χ1v) is 6.87. The lowest BCUT2D eigenvalue weighted by Crippen LogP contribution is -2.46. The molecule has 0 radical (unpaired) electrons. The Hall–Kier alpha value is -0.120. The summed E-state index contributed by atoms with van der Waals surface area (Å²) in [6.45, 7) is 5.67. The van der Waals surface area contributed by atoms with Gasteiger partial charge in [0.25, 0.3) is 0 Å². The van der Waals surface area contributed by atoms with Gasteiger partial charge in [-0.15, -0.1) is 0 Å². The third kappa shape index (κ3) is 4.94. The summed E-state index contributed by atoms with van der Waals surface area (Å²) < 4.78 is 5.31. The summed E-state index contributed by atoms with van der Waals surface area (Å²) >= 11 is 0. The normalized spacial score (nSPS) is 20.8. The van der Waals surface area contributed by atoms with E-state index in [-0.39, 0.29) is 0 Å². The Balaban J connectivity index is 2.30. The smallest absolute Gasteiger partial charge is 0.0950 e. The van der Waals surface area contributed by atoms with Gasteiger partial charge in [0, 0.05) is 20.2 Å². The molecule has 1 atom stereocenters. The maximum Gasteiger partial charge on any atom is 0.0950 e. The molecule has 0 bridgehead atoms. The lowest BCUT2D eigenvalue weighted by molar-refractivity contribution is -0.0867. The quantitative estimate of drug-likeness (QED) is 0.777. The minimum Gasteiger partial charge on any atom is -0.389 e. The van der Waals surface area contributed by atoms with E-state index in [1.807, 2.05) is 13.8 Å². The van der Waals surface area contributed by atoms with Crippen molar-refractivity contribution < 1.29 is 9.84 Å². The van der Waals surface area contributed by atoms with Gasteiger partial charge in [0.1, 0.15) is 0 Å². The number of ether oxygens (including phenoxy) is 1. The molecule has 1 saturated carbocycles. The van der Waals surface area contributed by atoms with Crippen LogP contribution in [0.1, 0.15) is 46.0 Å². The zero-order valence-corrected chi connectivity index (χ0v) is 11.9. The summed E-state index contributed by atoms with van der Waals surface area (Å²) in [7, 11) is 3.76. The standard InChI is InChI=1S/C14H29NO2/c1-14(2,17-4)13(16)11-15(3)10-12-8-6-5-7-9-12/h12-13,16H,5-11H2,1-4H3. The number of aliphatic hydroxyl groups is 1. The fourth-order valence-corrected chi connectivity index (χ4v) is 2.54. The number of aliphatic hydroxyl groups excluding tert-OH is 1. The molecular weight excluding hydrogens is 214 g/mol. The third-order valence-electron chi connectivity index (χ3n) is 4.11. The predicted molar refractivity (Wildman–Crippen MR) is 71.2 cm³/mol. The molecule has 0 heterocycles. The van der Waals surface area contributed by atoms with Gasteiger partial charge in [-0.1, -0.05) is 19.3 Å². The van der Waals surface area contributed by atoms with Crippen molar-refractivity contribution in [2.75, 3.05) is 27.2 Å². The first-order valence-electron chi connectivity index (χ1n) is 6.87. The Bertz CT molecular complexity index is 212. The molecule has 1 fully saturated rings. The molecule has 0 saturated heterocycles. The van der Waals surface area contributed by atoms with Crippen LogP contribution in [0.5, 0.6) is 0 Å². The van der Waals surface area contributed by atoms with E-state index in [1.165, 1.54) is 32.1 Å². The molecule has 17 heavy (non-hydrogen) atoms. The second-order valence-electron chi connectivity index (χ2n) is 6.05. The molecule has 0 aromatic rings. The maximum absolute atomic E-state index is 10.1. The van der Waals surface area contributed by atoms with E-state index in [4.69, 9.17) is 4.74 Å². The van der Waals surface area contributed by atoms with Crippen LogP contribution in [0.2, 0.25) is 0 Å². The molecule has 1 N–H and O–H groups in total. The highest BCUT2D eigenvalue weighted by molar-refractivity contribution is 4.81. The van der Waals surface area contributed by atoms with Gasteiger partial charge < -0.3 is 14.7 Å². The largest absolute Gasteiger partial charge is 0.389 e. The second kappa shape index (κ2) is 6.72. The van der Waals surface area contributed by atoms with Gasteiger partial charge in [-0.2, -0.15) is 0 Å². The molecule has 0 amide bonds. The Morgan fingerprint density at radius 2 is 1.88 bits per heavy atom. The molecule has 0 aromatic carbocycles.